The molecule has 0 spiro atoms. The van der Waals surface area contributed by atoms with Crippen molar-refractivity contribution in [3.05, 3.63) is 77.9 Å². The average Bonchev–Trinajstić information content (AvgIpc) is 2.57. The van der Waals surface area contributed by atoms with Crippen LogP contribution in [-0.2, 0) is 0 Å². The summed E-state index contributed by atoms with van der Waals surface area (Å²) in [4.78, 5) is 2.31. The Morgan fingerprint density at radius 2 is 1.62 bits per heavy atom. The SMILES string of the molecule is O[C@@H](CN1CC=C(c2ccccc2)CC1)c1ccccc1. The minimum Gasteiger partial charge on any atom is -0.387 e. The highest BCUT2D eigenvalue weighted by molar-refractivity contribution is 5.66. The van der Waals surface area contributed by atoms with Gasteiger partial charge in [0, 0.05) is 19.6 Å². The number of aliphatic hydroxyl groups excluding tert-OH is 1. The fraction of sp³-hybridized carbons (Fsp3) is 0.263. The lowest BCUT2D eigenvalue weighted by molar-refractivity contribution is 0.119. The number of rotatable bonds is 4. The van der Waals surface area contributed by atoms with Crippen molar-refractivity contribution in [3.8, 4) is 0 Å². The van der Waals surface area contributed by atoms with Crippen LogP contribution in [0, 0.1) is 0 Å². The van der Waals surface area contributed by atoms with Crippen LogP contribution in [0.5, 0.6) is 0 Å². The van der Waals surface area contributed by atoms with Crippen LogP contribution in [0.1, 0.15) is 23.7 Å². The fourth-order valence-electron chi connectivity index (χ4n) is 2.82. The van der Waals surface area contributed by atoms with Crippen LogP contribution in [0.3, 0.4) is 0 Å². The van der Waals surface area contributed by atoms with Crippen molar-refractivity contribution < 1.29 is 5.11 Å². The van der Waals surface area contributed by atoms with E-state index in [2.05, 4.69) is 41.3 Å². The molecule has 1 atom stereocenters. The zero-order valence-corrected chi connectivity index (χ0v) is 12.2. The molecular formula is C19H21NO. The maximum atomic E-state index is 10.3. The quantitative estimate of drug-likeness (QED) is 0.926. The zero-order valence-electron chi connectivity index (χ0n) is 12.2. The van der Waals surface area contributed by atoms with Crippen LogP contribution in [0.2, 0.25) is 0 Å². The number of benzene rings is 2. The van der Waals surface area contributed by atoms with Crippen LogP contribution < -0.4 is 0 Å². The third-order valence-corrected chi connectivity index (χ3v) is 4.05. The van der Waals surface area contributed by atoms with Gasteiger partial charge in [-0.3, -0.25) is 4.90 Å². The molecule has 0 radical (unpaired) electrons. The molecule has 2 nitrogen and oxygen atoms in total. The van der Waals surface area contributed by atoms with Crippen LogP contribution in [0.25, 0.3) is 5.57 Å². The molecule has 1 aliphatic heterocycles. The molecule has 0 aliphatic carbocycles. The van der Waals surface area contributed by atoms with E-state index >= 15 is 0 Å². The third kappa shape index (κ3) is 3.60. The number of β-amino-alcohol motifs (C(OH)–C–C–N with tert-alkyl or cyclic N) is 1. The molecule has 3 rings (SSSR count). The van der Waals surface area contributed by atoms with Gasteiger partial charge in [0.1, 0.15) is 0 Å². The molecule has 1 N–H and O–H groups in total. The van der Waals surface area contributed by atoms with Crippen molar-refractivity contribution in [1.82, 2.24) is 4.90 Å². The van der Waals surface area contributed by atoms with E-state index < -0.39 is 6.10 Å². The summed E-state index contributed by atoms with van der Waals surface area (Å²) in [5.74, 6) is 0. The molecule has 0 aromatic heterocycles. The summed E-state index contributed by atoms with van der Waals surface area (Å²) in [7, 11) is 0. The summed E-state index contributed by atoms with van der Waals surface area (Å²) in [6.07, 6.45) is 2.93. The molecule has 0 unspecified atom stereocenters. The minimum absolute atomic E-state index is 0.405. The van der Waals surface area contributed by atoms with E-state index in [-0.39, 0.29) is 0 Å². The number of nitrogens with zero attached hydrogens (tertiary/aromatic N) is 1. The number of hydrogen-bond donors (Lipinski definition) is 1. The molecule has 0 fully saturated rings. The van der Waals surface area contributed by atoms with Gasteiger partial charge in [0.15, 0.2) is 0 Å². The van der Waals surface area contributed by atoms with Gasteiger partial charge in [0.05, 0.1) is 6.10 Å². The Labute approximate surface area is 126 Å². The Morgan fingerprint density at radius 1 is 0.952 bits per heavy atom. The molecule has 108 valence electrons. The van der Waals surface area contributed by atoms with Crippen molar-refractivity contribution in [2.45, 2.75) is 12.5 Å². The first-order valence-corrected chi connectivity index (χ1v) is 7.53. The first-order chi connectivity index (χ1) is 10.3. The molecule has 2 aromatic carbocycles. The fourth-order valence-corrected chi connectivity index (χ4v) is 2.82. The standard InChI is InChI=1S/C19H21NO/c21-19(18-9-5-2-6-10-18)15-20-13-11-17(12-14-20)16-7-3-1-4-8-16/h1-11,19,21H,12-15H2/t19-/m0/s1. The lowest BCUT2D eigenvalue weighted by atomic mass is 9.99. The van der Waals surface area contributed by atoms with E-state index in [9.17, 15) is 5.11 Å². The van der Waals surface area contributed by atoms with Gasteiger partial charge in [-0.15, -0.1) is 0 Å². The topological polar surface area (TPSA) is 23.5 Å². The lowest BCUT2D eigenvalue weighted by Crippen LogP contribution is -2.32. The van der Waals surface area contributed by atoms with Crippen LogP contribution in [0.4, 0.5) is 0 Å². The zero-order chi connectivity index (χ0) is 14.5. The number of hydrogen-bond acceptors (Lipinski definition) is 2. The largest absolute Gasteiger partial charge is 0.387 e. The van der Waals surface area contributed by atoms with E-state index in [0.29, 0.717) is 6.54 Å². The second-order valence-electron chi connectivity index (χ2n) is 5.53. The van der Waals surface area contributed by atoms with Crippen LogP contribution in [0.15, 0.2) is 66.7 Å². The van der Waals surface area contributed by atoms with Gasteiger partial charge in [0.2, 0.25) is 0 Å². The molecule has 0 bridgehead atoms. The Kier molecular flexibility index (Phi) is 4.49. The summed E-state index contributed by atoms with van der Waals surface area (Å²) in [6, 6.07) is 20.5. The number of aliphatic hydroxyl groups is 1. The van der Waals surface area contributed by atoms with Gasteiger partial charge in [-0.1, -0.05) is 66.7 Å². The summed E-state index contributed by atoms with van der Waals surface area (Å²) in [5, 5.41) is 10.3. The normalized spacial score (nSPS) is 17.3. The van der Waals surface area contributed by atoms with Gasteiger partial charge in [-0.2, -0.15) is 0 Å². The maximum Gasteiger partial charge on any atom is 0.0917 e. The third-order valence-electron chi connectivity index (χ3n) is 4.05. The van der Waals surface area contributed by atoms with Crippen molar-refractivity contribution in [3.63, 3.8) is 0 Å². The van der Waals surface area contributed by atoms with Crippen LogP contribution in [-0.4, -0.2) is 29.6 Å². The smallest absolute Gasteiger partial charge is 0.0917 e. The van der Waals surface area contributed by atoms with Crippen molar-refractivity contribution in [2.75, 3.05) is 19.6 Å². The summed E-state index contributed by atoms with van der Waals surface area (Å²) in [6.45, 7) is 2.61. The monoisotopic (exact) mass is 279 g/mol. The van der Waals surface area contributed by atoms with E-state index in [4.69, 9.17) is 0 Å². The molecule has 0 saturated carbocycles. The van der Waals surface area contributed by atoms with Crippen molar-refractivity contribution in [1.29, 1.82) is 0 Å². The Hall–Kier alpha value is -1.90. The molecular weight excluding hydrogens is 258 g/mol. The predicted octanol–water partition coefficient (Wildman–Crippen LogP) is 3.51. The first kappa shape index (κ1) is 14.1. The summed E-state index contributed by atoms with van der Waals surface area (Å²) in [5.41, 5.74) is 3.73. The second-order valence-corrected chi connectivity index (χ2v) is 5.53. The minimum atomic E-state index is -0.405. The van der Waals surface area contributed by atoms with Gasteiger partial charge < -0.3 is 5.11 Å². The van der Waals surface area contributed by atoms with Gasteiger partial charge >= 0.3 is 0 Å². The highest BCUT2D eigenvalue weighted by atomic mass is 16.3. The molecule has 0 amide bonds. The van der Waals surface area contributed by atoms with Gasteiger partial charge in [0.25, 0.3) is 0 Å². The lowest BCUT2D eigenvalue weighted by Gasteiger charge is -2.28. The Balaban J connectivity index is 1.60. The maximum absolute atomic E-state index is 10.3. The Morgan fingerprint density at radius 3 is 2.24 bits per heavy atom. The average molecular weight is 279 g/mol. The van der Waals surface area contributed by atoms with Crippen molar-refractivity contribution in [2.24, 2.45) is 0 Å². The highest BCUT2D eigenvalue weighted by Gasteiger charge is 2.16. The highest BCUT2D eigenvalue weighted by Crippen LogP contribution is 2.23. The van der Waals surface area contributed by atoms with E-state index in [0.717, 1.165) is 25.1 Å². The summed E-state index contributed by atoms with van der Waals surface area (Å²) < 4.78 is 0. The van der Waals surface area contributed by atoms with Crippen LogP contribution >= 0.6 is 0 Å². The molecule has 2 aromatic rings. The van der Waals surface area contributed by atoms with E-state index in [1.807, 2.05) is 30.3 Å². The van der Waals surface area contributed by atoms with E-state index in [1.54, 1.807) is 0 Å². The molecule has 2 heteroatoms. The van der Waals surface area contributed by atoms with Gasteiger partial charge in [-0.05, 0) is 23.1 Å². The van der Waals surface area contributed by atoms with E-state index in [1.165, 1.54) is 11.1 Å². The predicted molar refractivity (Wildman–Crippen MR) is 86.9 cm³/mol. The molecule has 21 heavy (non-hydrogen) atoms. The molecule has 1 aliphatic rings. The molecule has 1 heterocycles. The van der Waals surface area contributed by atoms with Gasteiger partial charge in [-0.25, -0.2) is 0 Å². The summed E-state index contributed by atoms with van der Waals surface area (Å²) >= 11 is 0. The first-order valence-electron chi connectivity index (χ1n) is 7.53. The Bertz CT molecular complexity index is 591. The molecule has 0 saturated heterocycles. The second kappa shape index (κ2) is 6.70. The van der Waals surface area contributed by atoms with Crippen molar-refractivity contribution >= 4 is 5.57 Å².